The molecule has 6 heteroatoms. The van der Waals surface area contributed by atoms with Gasteiger partial charge in [-0.1, -0.05) is 29.3 Å². The molecule has 5 nitrogen and oxygen atoms in total. The van der Waals surface area contributed by atoms with Gasteiger partial charge < -0.3 is 10.6 Å². The van der Waals surface area contributed by atoms with Crippen molar-refractivity contribution in [3.63, 3.8) is 0 Å². The maximum absolute atomic E-state index is 12.7. The van der Waals surface area contributed by atoms with Crippen LogP contribution in [0, 0.1) is 20.8 Å². The van der Waals surface area contributed by atoms with E-state index in [4.69, 9.17) is 11.6 Å². The minimum Gasteiger partial charge on any atom is -0.322 e. The molecule has 3 rings (SSSR count). The molecule has 0 radical (unpaired) electrons. The first-order valence-corrected chi connectivity index (χ1v) is 9.13. The summed E-state index contributed by atoms with van der Waals surface area (Å²) < 4.78 is 0. The van der Waals surface area contributed by atoms with Gasteiger partial charge in [0.2, 0.25) is 0 Å². The standard InChI is InChI=1S/C22H20ClN3O2/c1-13-10-14(2)20(15(3)11-13)26-22(28)19-12-16(8-9-24-19)21(27)25-18-6-4-17(23)5-7-18/h4-12H,1-3H3,(H,25,27)(H,26,28). The van der Waals surface area contributed by atoms with Crippen molar-refractivity contribution in [2.45, 2.75) is 20.8 Å². The molecular formula is C22H20ClN3O2. The molecule has 0 saturated carbocycles. The summed E-state index contributed by atoms with van der Waals surface area (Å²) in [6.45, 7) is 5.90. The lowest BCUT2D eigenvalue weighted by molar-refractivity contribution is 0.102. The van der Waals surface area contributed by atoms with E-state index < -0.39 is 0 Å². The van der Waals surface area contributed by atoms with Gasteiger partial charge in [0.05, 0.1) is 0 Å². The zero-order valence-corrected chi connectivity index (χ0v) is 16.6. The lowest BCUT2D eigenvalue weighted by Gasteiger charge is -2.13. The van der Waals surface area contributed by atoms with Gasteiger partial charge in [-0.05, 0) is 68.3 Å². The van der Waals surface area contributed by atoms with E-state index in [9.17, 15) is 9.59 Å². The van der Waals surface area contributed by atoms with Gasteiger partial charge >= 0.3 is 0 Å². The van der Waals surface area contributed by atoms with E-state index in [1.807, 2.05) is 32.9 Å². The van der Waals surface area contributed by atoms with E-state index in [2.05, 4.69) is 15.6 Å². The highest BCUT2D eigenvalue weighted by atomic mass is 35.5. The molecule has 0 spiro atoms. The fraction of sp³-hybridized carbons (Fsp3) is 0.136. The molecule has 2 amide bonds. The van der Waals surface area contributed by atoms with Crippen molar-refractivity contribution in [1.29, 1.82) is 0 Å². The van der Waals surface area contributed by atoms with Gasteiger partial charge in [-0.15, -0.1) is 0 Å². The summed E-state index contributed by atoms with van der Waals surface area (Å²) in [6, 6.07) is 13.8. The second-order valence-corrected chi connectivity index (χ2v) is 7.06. The highest BCUT2D eigenvalue weighted by Gasteiger charge is 2.14. The number of aryl methyl sites for hydroxylation is 3. The Morgan fingerprint density at radius 2 is 1.50 bits per heavy atom. The van der Waals surface area contributed by atoms with Crippen molar-refractivity contribution < 1.29 is 9.59 Å². The van der Waals surface area contributed by atoms with E-state index in [1.165, 1.54) is 12.3 Å². The Balaban J connectivity index is 1.78. The number of carbonyl (C=O) groups is 2. The molecule has 28 heavy (non-hydrogen) atoms. The lowest BCUT2D eigenvalue weighted by atomic mass is 10.0. The number of pyridine rings is 1. The number of nitrogens with one attached hydrogen (secondary N) is 2. The molecule has 0 aliphatic carbocycles. The molecule has 0 aliphatic rings. The third-order valence-corrected chi connectivity index (χ3v) is 4.52. The lowest BCUT2D eigenvalue weighted by Crippen LogP contribution is -2.18. The Kier molecular flexibility index (Phi) is 5.76. The maximum Gasteiger partial charge on any atom is 0.274 e. The summed E-state index contributed by atoms with van der Waals surface area (Å²) in [4.78, 5) is 29.2. The van der Waals surface area contributed by atoms with Crippen LogP contribution in [-0.2, 0) is 0 Å². The summed E-state index contributed by atoms with van der Waals surface area (Å²) >= 11 is 5.85. The van der Waals surface area contributed by atoms with E-state index in [0.717, 1.165) is 22.4 Å². The number of hydrogen-bond donors (Lipinski definition) is 2. The van der Waals surface area contributed by atoms with Gasteiger partial charge in [0.1, 0.15) is 5.69 Å². The Morgan fingerprint density at radius 1 is 0.857 bits per heavy atom. The first-order chi connectivity index (χ1) is 13.3. The highest BCUT2D eigenvalue weighted by molar-refractivity contribution is 6.30. The molecule has 0 saturated heterocycles. The van der Waals surface area contributed by atoms with E-state index in [1.54, 1.807) is 30.3 Å². The molecule has 2 aromatic carbocycles. The molecule has 1 heterocycles. The summed E-state index contributed by atoms with van der Waals surface area (Å²) in [5, 5.41) is 6.25. The molecule has 0 fully saturated rings. The van der Waals surface area contributed by atoms with Gasteiger partial charge in [0.15, 0.2) is 0 Å². The summed E-state index contributed by atoms with van der Waals surface area (Å²) in [7, 11) is 0. The van der Waals surface area contributed by atoms with Crippen molar-refractivity contribution >= 4 is 34.8 Å². The topological polar surface area (TPSA) is 71.1 Å². The number of halogens is 1. The Bertz CT molecular complexity index is 1020. The third kappa shape index (κ3) is 4.56. The van der Waals surface area contributed by atoms with Gasteiger partial charge in [-0.25, -0.2) is 0 Å². The van der Waals surface area contributed by atoms with Crippen molar-refractivity contribution in [2.24, 2.45) is 0 Å². The Labute approximate surface area is 168 Å². The van der Waals surface area contributed by atoms with E-state index >= 15 is 0 Å². The Morgan fingerprint density at radius 3 is 2.14 bits per heavy atom. The first kappa shape index (κ1) is 19.6. The molecular weight excluding hydrogens is 374 g/mol. The molecule has 2 N–H and O–H groups in total. The van der Waals surface area contributed by atoms with Crippen LogP contribution in [0.15, 0.2) is 54.7 Å². The predicted molar refractivity (Wildman–Crippen MR) is 112 cm³/mol. The van der Waals surface area contributed by atoms with Crippen molar-refractivity contribution in [3.8, 4) is 0 Å². The van der Waals surface area contributed by atoms with Crippen LogP contribution in [0.2, 0.25) is 5.02 Å². The minimum atomic E-state index is -0.365. The molecule has 1 aromatic heterocycles. The second-order valence-electron chi connectivity index (χ2n) is 6.62. The highest BCUT2D eigenvalue weighted by Crippen LogP contribution is 2.22. The SMILES string of the molecule is Cc1cc(C)c(NC(=O)c2cc(C(=O)Nc3ccc(Cl)cc3)ccn2)c(C)c1. The molecule has 0 bridgehead atoms. The number of benzene rings is 2. The largest absolute Gasteiger partial charge is 0.322 e. The predicted octanol–water partition coefficient (Wildman–Crippen LogP) is 5.16. The second kappa shape index (κ2) is 8.23. The van der Waals surface area contributed by atoms with Crippen LogP contribution in [0.1, 0.15) is 37.5 Å². The van der Waals surface area contributed by atoms with Gasteiger partial charge in [-0.2, -0.15) is 0 Å². The van der Waals surface area contributed by atoms with Crippen molar-refractivity contribution in [1.82, 2.24) is 4.98 Å². The number of anilines is 2. The van der Waals surface area contributed by atoms with Crippen LogP contribution in [0.3, 0.4) is 0 Å². The smallest absolute Gasteiger partial charge is 0.274 e. The van der Waals surface area contributed by atoms with Crippen LogP contribution in [0.25, 0.3) is 0 Å². The van der Waals surface area contributed by atoms with Crippen molar-refractivity contribution in [3.05, 3.63) is 87.7 Å². The van der Waals surface area contributed by atoms with E-state index in [-0.39, 0.29) is 17.5 Å². The number of rotatable bonds is 4. The summed E-state index contributed by atoms with van der Waals surface area (Å²) in [5.74, 6) is -0.697. The van der Waals surface area contributed by atoms with Crippen LogP contribution in [0.5, 0.6) is 0 Å². The third-order valence-electron chi connectivity index (χ3n) is 4.27. The number of amides is 2. The zero-order chi connectivity index (χ0) is 20.3. The quantitative estimate of drug-likeness (QED) is 0.642. The van der Waals surface area contributed by atoms with Crippen LogP contribution in [0.4, 0.5) is 11.4 Å². The van der Waals surface area contributed by atoms with Gasteiger partial charge in [-0.3, -0.25) is 14.6 Å². The number of nitrogens with zero attached hydrogens (tertiary/aromatic N) is 1. The number of aromatic nitrogens is 1. The average molecular weight is 394 g/mol. The Hall–Kier alpha value is -3.18. The van der Waals surface area contributed by atoms with Gasteiger partial charge in [0, 0.05) is 28.2 Å². The zero-order valence-electron chi connectivity index (χ0n) is 15.8. The van der Waals surface area contributed by atoms with Crippen molar-refractivity contribution in [2.75, 3.05) is 10.6 Å². The molecule has 0 aliphatic heterocycles. The summed E-state index contributed by atoms with van der Waals surface area (Å²) in [5.41, 5.74) is 4.96. The van der Waals surface area contributed by atoms with Gasteiger partial charge in [0.25, 0.3) is 11.8 Å². The normalized spacial score (nSPS) is 10.4. The molecule has 3 aromatic rings. The monoisotopic (exact) mass is 393 g/mol. The summed E-state index contributed by atoms with van der Waals surface area (Å²) in [6.07, 6.45) is 1.44. The first-order valence-electron chi connectivity index (χ1n) is 8.75. The fourth-order valence-corrected chi connectivity index (χ4v) is 3.11. The minimum absolute atomic E-state index is 0.170. The number of carbonyl (C=O) groups excluding carboxylic acids is 2. The molecule has 142 valence electrons. The van der Waals surface area contributed by atoms with Crippen LogP contribution < -0.4 is 10.6 Å². The maximum atomic E-state index is 12.7. The molecule has 0 unspecified atom stereocenters. The molecule has 0 atom stereocenters. The fourth-order valence-electron chi connectivity index (χ4n) is 2.99. The average Bonchev–Trinajstić information content (AvgIpc) is 2.66. The number of hydrogen-bond acceptors (Lipinski definition) is 3. The van der Waals surface area contributed by atoms with E-state index in [0.29, 0.717) is 16.3 Å². The van der Waals surface area contributed by atoms with Crippen LogP contribution >= 0.6 is 11.6 Å². The van der Waals surface area contributed by atoms with Crippen LogP contribution in [-0.4, -0.2) is 16.8 Å².